The summed E-state index contributed by atoms with van der Waals surface area (Å²) in [6.07, 6.45) is 0.687. The summed E-state index contributed by atoms with van der Waals surface area (Å²) in [6.45, 7) is 7.65. The fourth-order valence-electron chi connectivity index (χ4n) is 4.46. The smallest absolute Gasteiger partial charge is 0.408 e. The van der Waals surface area contributed by atoms with E-state index >= 15 is 0 Å². The Labute approximate surface area is 247 Å². The first-order valence-electron chi connectivity index (χ1n) is 14.2. The molecule has 9 heteroatoms. The standard InChI is InChI=1S/C33H41N3O6/c1-5-6-19-36(29(25-13-10-14-27(38)21-25)30(39)34-22-24-11-8-7-9-12-24)31(40)28(35-32(41)42-33(2,3)4)20-23-15-17-26(37)18-16-23/h7-18,21,28-29,37-38H,5-6,19-20,22H2,1-4H3,(H,34,39)(H,35,41). The van der Waals surface area contributed by atoms with Gasteiger partial charge in [-0.05, 0) is 68.1 Å². The molecule has 3 rings (SSSR count). The number of carbonyl (C=O) groups excluding carboxylic acids is 3. The monoisotopic (exact) mass is 575 g/mol. The van der Waals surface area contributed by atoms with Crippen LogP contribution in [0, 0.1) is 0 Å². The van der Waals surface area contributed by atoms with E-state index in [0.717, 1.165) is 12.0 Å². The highest BCUT2D eigenvalue weighted by molar-refractivity contribution is 5.92. The summed E-state index contributed by atoms with van der Waals surface area (Å²) < 4.78 is 5.46. The molecule has 0 bridgehead atoms. The molecule has 2 unspecified atom stereocenters. The fraction of sp³-hybridized carbons (Fsp3) is 0.364. The number of aromatic hydroxyl groups is 2. The minimum absolute atomic E-state index is 0.0382. The topological polar surface area (TPSA) is 128 Å². The average Bonchev–Trinajstić information content (AvgIpc) is 2.94. The molecule has 0 saturated heterocycles. The largest absolute Gasteiger partial charge is 0.508 e. The van der Waals surface area contributed by atoms with Crippen molar-refractivity contribution in [2.45, 2.75) is 71.2 Å². The minimum atomic E-state index is -1.08. The number of ether oxygens (including phenoxy) is 1. The Hall–Kier alpha value is -4.53. The first-order valence-corrected chi connectivity index (χ1v) is 14.2. The van der Waals surface area contributed by atoms with Gasteiger partial charge < -0.3 is 30.5 Å². The van der Waals surface area contributed by atoms with Crippen LogP contribution in [-0.2, 0) is 27.3 Å². The molecule has 0 aliphatic carbocycles. The van der Waals surface area contributed by atoms with Crippen molar-refractivity contribution in [3.8, 4) is 11.5 Å². The van der Waals surface area contributed by atoms with Gasteiger partial charge in [0.15, 0.2) is 0 Å². The Morgan fingerprint density at radius 3 is 2.19 bits per heavy atom. The second-order valence-electron chi connectivity index (χ2n) is 11.2. The third-order valence-corrected chi connectivity index (χ3v) is 6.46. The van der Waals surface area contributed by atoms with E-state index < -0.39 is 35.6 Å². The van der Waals surface area contributed by atoms with Crippen LogP contribution < -0.4 is 10.6 Å². The molecule has 3 aromatic carbocycles. The van der Waals surface area contributed by atoms with Crippen LogP contribution in [0.3, 0.4) is 0 Å². The zero-order valence-corrected chi connectivity index (χ0v) is 24.7. The van der Waals surface area contributed by atoms with E-state index in [0.29, 0.717) is 17.5 Å². The van der Waals surface area contributed by atoms with Crippen LogP contribution in [-0.4, -0.2) is 51.2 Å². The van der Waals surface area contributed by atoms with Gasteiger partial charge in [-0.15, -0.1) is 0 Å². The second-order valence-corrected chi connectivity index (χ2v) is 11.2. The van der Waals surface area contributed by atoms with Gasteiger partial charge in [0.05, 0.1) is 0 Å². The van der Waals surface area contributed by atoms with Gasteiger partial charge in [-0.1, -0.05) is 67.9 Å². The number of nitrogens with one attached hydrogen (secondary N) is 2. The van der Waals surface area contributed by atoms with Crippen molar-refractivity contribution >= 4 is 17.9 Å². The summed E-state index contributed by atoms with van der Waals surface area (Å²) >= 11 is 0. The minimum Gasteiger partial charge on any atom is -0.508 e. The van der Waals surface area contributed by atoms with Gasteiger partial charge in [-0.3, -0.25) is 9.59 Å². The van der Waals surface area contributed by atoms with Gasteiger partial charge >= 0.3 is 6.09 Å². The molecule has 42 heavy (non-hydrogen) atoms. The van der Waals surface area contributed by atoms with Crippen LogP contribution in [0.4, 0.5) is 4.79 Å². The highest BCUT2D eigenvalue weighted by Crippen LogP contribution is 2.27. The fourth-order valence-corrected chi connectivity index (χ4v) is 4.46. The second kappa shape index (κ2) is 14.9. The van der Waals surface area contributed by atoms with Crippen LogP contribution in [0.2, 0.25) is 0 Å². The Bertz CT molecular complexity index is 1320. The molecule has 0 saturated carbocycles. The lowest BCUT2D eigenvalue weighted by molar-refractivity contribution is -0.142. The molecule has 0 aromatic heterocycles. The molecular formula is C33H41N3O6. The van der Waals surface area contributed by atoms with Crippen molar-refractivity contribution in [2.24, 2.45) is 0 Å². The van der Waals surface area contributed by atoms with Crippen LogP contribution in [0.25, 0.3) is 0 Å². The van der Waals surface area contributed by atoms with Crippen LogP contribution in [0.1, 0.15) is 63.3 Å². The molecule has 224 valence electrons. The average molecular weight is 576 g/mol. The number of hydrogen-bond donors (Lipinski definition) is 4. The number of carbonyl (C=O) groups is 3. The molecule has 0 heterocycles. The number of alkyl carbamates (subject to hydrolysis) is 1. The SMILES string of the molecule is CCCCN(C(=O)C(Cc1ccc(O)cc1)NC(=O)OC(C)(C)C)C(C(=O)NCc1ccccc1)c1cccc(O)c1. The summed E-state index contributed by atoms with van der Waals surface area (Å²) in [5.41, 5.74) is 1.23. The number of unbranched alkanes of at least 4 members (excludes halogenated alkanes) is 1. The zero-order valence-electron chi connectivity index (χ0n) is 24.7. The highest BCUT2D eigenvalue weighted by Gasteiger charge is 2.36. The summed E-state index contributed by atoms with van der Waals surface area (Å²) in [5.74, 6) is -0.866. The molecule has 0 aliphatic heterocycles. The Kier molecular flexibility index (Phi) is 11.4. The van der Waals surface area contributed by atoms with E-state index in [2.05, 4.69) is 10.6 Å². The third-order valence-electron chi connectivity index (χ3n) is 6.46. The van der Waals surface area contributed by atoms with Crippen LogP contribution in [0.15, 0.2) is 78.9 Å². The molecule has 0 fully saturated rings. The maximum atomic E-state index is 14.4. The van der Waals surface area contributed by atoms with Gasteiger partial charge in [0, 0.05) is 19.5 Å². The number of nitrogens with zero attached hydrogens (tertiary/aromatic N) is 1. The van der Waals surface area contributed by atoms with Gasteiger partial charge in [0.2, 0.25) is 11.8 Å². The molecule has 3 aromatic rings. The Balaban J connectivity index is 2.01. The van der Waals surface area contributed by atoms with E-state index in [1.54, 1.807) is 45.0 Å². The molecule has 3 amide bonds. The number of phenols is 2. The number of amides is 3. The number of phenolic OH excluding ortho intramolecular Hbond substituents is 2. The molecule has 0 aliphatic rings. The molecular weight excluding hydrogens is 534 g/mol. The Morgan fingerprint density at radius 2 is 1.57 bits per heavy atom. The van der Waals surface area contributed by atoms with Crippen LogP contribution >= 0.6 is 0 Å². The normalized spacial score (nSPS) is 12.6. The van der Waals surface area contributed by atoms with E-state index in [1.165, 1.54) is 29.2 Å². The van der Waals surface area contributed by atoms with Crippen LogP contribution in [0.5, 0.6) is 11.5 Å². The maximum absolute atomic E-state index is 14.4. The molecule has 0 radical (unpaired) electrons. The lowest BCUT2D eigenvalue weighted by Crippen LogP contribution is -2.54. The number of rotatable bonds is 12. The lowest BCUT2D eigenvalue weighted by Gasteiger charge is -2.34. The number of hydrogen-bond acceptors (Lipinski definition) is 6. The van der Waals surface area contributed by atoms with Gasteiger partial charge in [-0.2, -0.15) is 0 Å². The zero-order chi connectivity index (χ0) is 30.7. The van der Waals surface area contributed by atoms with Crippen molar-refractivity contribution in [2.75, 3.05) is 6.54 Å². The number of benzene rings is 3. The predicted octanol–water partition coefficient (Wildman–Crippen LogP) is 5.22. The predicted molar refractivity (Wildman–Crippen MR) is 161 cm³/mol. The first-order chi connectivity index (χ1) is 20.0. The molecule has 0 spiro atoms. The highest BCUT2D eigenvalue weighted by atomic mass is 16.6. The molecule has 2 atom stereocenters. The summed E-state index contributed by atoms with van der Waals surface area (Å²) in [5, 5.41) is 25.7. The van der Waals surface area contributed by atoms with E-state index in [1.807, 2.05) is 37.3 Å². The Morgan fingerprint density at radius 1 is 0.881 bits per heavy atom. The van der Waals surface area contributed by atoms with Gasteiger partial charge in [0.25, 0.3) is 0 Å². The van der Waals surface area contributed by atoms with Gasteiger partial charge in [-0.25, -0.2) is 4.79 Å². The van der Waals surface area contributed by atoms with Crippen molar-refractivity contribution in [1.29, 1.82) is 0 Å². The molecule has 4 N–H and O–H groups in total. The maximum Gasteiger partial charge on any atom is 0.408 e. The quantitative estimate of drug-likeness (QED) is 0.234. The van der Waals surface area contributed by atoms with Crippen molar-refractivity contribution in [3.05, 3.63) is 95.6 Å². The lowest BCUT2D eigenvalue weighted by atomic mass is 9.99. The van der Waals surface area contributed by atoms with Crippen molar-refractivity contribution in [3.63, 3.8) is 0 Å². The summed E-state index contributed by atoms with van der Waals surface area (Å²) in [4.78, 5) is 42.5. The van der Waals surface area contributed by atoms with E-state index in [9.17, 15) is 24.6 Å². The third kappa shape index (κ3) is 9.83. The van der Waals surface area contributed by atoms with Crippen molar-refractivity contribution in [1.82, 2.24) is 15.5 Å². The van der Waals surface area contributed by atoms with Gasteiger partial charge in [0.1, 0.15) is 29.2 Å². The van der Waals surface area contributed by atoms with E-state index in [-0.39, 0.29) is 31.0 Å². The summed E-state index contributed by atoms with van der Waals surface area (Å²) in [7, 11) is 0. The summed E-state index contributed by atoms with van der Waals surface area (Å²) in [6, 6.07) is 19.9. The van der Waals surface area contributed by atoms with E-state index in [4.69, 9.17) is 4.74 Å². The molecule has 9 nitrogen and oxygen atoms in total. The first kappa shape index (κ1) is 32.0. The van der Waals surface area contributed by atoms with Crippen molar-refractivity contribution < 1.29 is 29.3 Å².